The minimum absolute atomic E-state index is 0.205. The molecule has 1 atom stereocenters. The Balaban J connectivity index is 2.29. The highest BCUT2D eigenvalue weighted by molar-refractivity contribution is 9.09. The minimum Gasteiger partial charge on any atom is -0.244 e. The van der Waals surface area contributed by atoms with Crippen LogP contribution in [0, 0.1) is 0 Å². The van der Waals surface area contributed by atoms with Crippen molar-refractivity contribution in [2.45, 2.75) is 37.9 Å². The van der Waals surface area contributed by atoms with Crippen molar-refractivity contribution in [2.24, 2.45) is 0 Å². The van der Waals surface area contributed by atoms with E-state index in [-0.39, 0.29) is 5.41 Å². The van der Waals surface area contributed by atoms with Crippen molar-refractivity contribution in [3.8, 4) is 10.6 Å². The molecule has 0 fully saturated rings. The summed E-state index contributed by atoms with van der Waals surface area (Å²) in [7, 11) is 0. The molecule has 18 heavy (non-hydrogen) atoms. The van der Waals surface area contributed by atoms with Crippen molar-refractivity contribution in [1.82, 2.24) is 4.98 Å². The van der Waals surface area contributed by atoms with Crippen molar-refractivity contribution >= 4 is 27.3 Å². The zero-order valence-corrected chi connectivity index (χ0v) is 13.6. The van der Waals surface area contributed by atoms with Gasteiger partial charge in [0.05, 0.1) is 0 Å². The summed E-state index contributed by atoms with van der Waals surface area (Å²) in [5.74, 6) is 0. The SMILES string of the molecule is CC(Br)c1cnc(-c2ccc(C(C)(C)C)cc2)s1. The molecule has 0 N–H and O–H groups in total. The molecule has 0 saturated carbocycles. The lowest BCUT2D eigenvalue weighted by atomic mass is 9.87. The van der Waals surface area contributed by atoms with E-state index < -0.39 is 0 Å². The van der Waals surface area contributed by atoms with Crippen LogP contribution in [0.2, 0.25) is 0 Å². The third-order valence-corrected chi connectivity index (χ3v) is 4.94. The maximum absolute atomic E-state index is 4.49. The lowest BCUT2D eigenvalue weighted by Gasteiger charge is -2.18. The number of rotatable bonds is 2. The molecule has 1 aromatic heterocycles. The average molecular weight is 324 g/mol. The van der Waals surface area contributed by atoms with Gasteiger partial charge in [0, 0.05) is 21.5 Å². The van der Waals surface area contributed by atoms with Crippen molar-refractivity contribution < 1.29 is 0 Å². The van der Waals surface area contributed by atoms with Crippen LogP contribution in [0.3, 0.4) is 0 Å². The zero-order valence-electron chi connectivity index (χ0n) is 11.2. The average Bonchev–Trinajstić information content (AvgIpc) is 2.77. The number of thiazole rings is 1. The summed E-state index contributed by atoms with van der Waals surface area (Å²) in [4.78, 5) is 6.13. The van der Waals surface area contributed by atoms with Crippen molar-refractivity contribution in [1.29, 1.82) is 0 Å². The van der Waals surface area contributed by atoms with Crippen LogP contribution in [0.1, 0.15) is 43.0 Å². The zero-order chi connectivity index (χ0) is 13.3. The van der Waals surface area contributed by atoms with Gasteiger partial charge in [0.2, 0.25) is 0 Å². The van der Waals surface area contributed by atoms with Gasteiger partial charge < -0.3 is 0 Å². The predicted octanol–water partition coefficient (Wildman–Crippen LogP) is 5.56. The fourth-order valence-corrected chi connectivity index (χ4v) is 2.97. The van der Waals surface area contributed by atoms with Crippen molar-refractivity contribution in [2.75, 3.05) is 0 Å². The first-order chi connectivity index (χ1) is 8.38. The van der Waals surface area contributed by atoms with Crippen LogP contribution < -0.4 is 0 Å². The summed E-state index contributed by atoms with van der Waals surface area (Å²) in [6.45, 7) is 8.82. The molecule has 1 unspecified atom stereocenters. The lowest BCUT2D eigenvalue weighted by molar-refractivity contribution is 0.590. The predicted molar refractivity (Wildman–Crippen MR) is 83.6 cm³/mol. The molecule has 0 aliphatic rings. The Morgan fingerprint density at radius 2 is 1.78 bits per heavy atom. The normalized spacial score (nSPS) is 13.6. The molecular weight excluding hydrogens is 306 g/mol. The Kier molecular flexibility index (Phi) is 3.93. The van der Waals surface area contributed by atoms with Crippen LogP contribution in [-0.4, -0.2) is 4.98 Å². The van der Waals surface area contributed by atoms with Crippen molar-refractivity contribution in [3.05, 3.63) is 40.9 Å². The first-order valence-electron chi connectivity index (χ1n) is 6.08. The summed E-state index contributed by atoms with van der Waals surface area (Å²) in [6, 6.07) is 8.74. The second-order valence-corrected chi connectivity index (χ2v) is 7.95. The Hall–Kier alpha value is -0.670. The van der Waals surface area contributed by atoms with E-state index in [9.17, 15) is 0 Å². The molecule has 0 radical (unpaired) electrons. The maximum Gasteiger partial charge on any atom is 0.123 e. The van der Waals surface area contributed by atoms with E-state index in [0.29, 0.717) is 4.83 Å². The van der Waals surface area contributed by atoms with Gasteiger partial charge >= 0.3 is 0 Å². The van der Waals surface area contributed by atoms with Gasteiger partial charge in [0.1, 0.15) is 5.01 Å². The van der Waals surface area contributed by atoms with Gasteiger partial charge in [-0.2, -0.15) is 0 Å². The van der Waals surface area contributed by atoms with E-state index in [1.807, 2.05) is 6.20 Å². The highest BCUT2D eigenvalue weighted by Gasteiger charge is 2.14. The fourth-order valence-electron chi connectivity index (χ4n) is 1.72. The van der Waals surface area contributed by atoms with Crippen LogP contribution >= 0.6 is 27.3 Å². The van der Waals surface area contributed by atoms with Crippen LogP contribution in [-0.2, 0) is 5.41 Å². The standard InChI is InChI=1S/C15H18BrNS/c1-10(16)13-9-17-14(18-13)11-5-7-12(8-6-11)15(2,3)4/h5-10H,1-4H3. The third-order valence-electron chi connectivity index (χ3n) is 2.91. The molecule has 96 valence electrons. The molecular formula is C15H18BrNS. The molecule has 0 amide bonds. The molecule has 2 aromatic rings. The second kappa shape index (κ2) is 5.14. The Labute approximate surface area is 121 Å². The van der Waals surface area contributed by atoms with Gasteiger partial charge in [-0.3, -0.25) is 0 Å². The number of hydrogen-bond acceptors (Lipinski definition) is 2. The molecule has 0 aliphatic carbocycles. The van der Waals surface area contributed by atoms with Crippen molar-refractivity contribution in [3.63, 3.8) is 0 Å². The highest BCUT2D eigenvalue weighted by atomic mass is 79.9. The monoisotopic (exact) mass is 323 g/mol. The molecule has 1 nitrogen and oxygen atoms in total. The quantitative estimate of drug-likeness (QED) is 0.659. The minimum atomic E-state index is 0.205. The van der Waals surface area contributed by atoms with Gasteiger partial charge in [-0.1, -0.05) is 61.0 Å². The van der Waals surface area contributed by atoms with Crippen LogP contribution in [0.4, 0.5) is 0 Å². The topological polar surface area (TPSA) is 12.9 Å². The van der Waals surface area contributed by atoms with Crippen LogP contribution in [0.25, 0.3) is 10.6 Å². The maximum atomic E-state index is 4.49. The molecule has 3 heteroatoms. The molecule has 0 spiro atoms. The fraction of sp³-hybridized carbons (Fsp3) is 0.400. The molecule has 0 bridgehead atoms. The van der Waals surface area contributed by atoms with Gasteiger partial charge in [0.25, 0.3) is 0 Å². The Morgan fingerprint density at radius 3 is 2.22 bits per heavy atom. The molecule has 2 rings (SSSR count). The second-order valence-electron chi connectivity index (χ2n) is 5.51. The molecule has 1 aromatic carbocycles. The highest BCUT2D eigenvalue weighted by Crippen LogP contribution is 2.33. The van der Waals surface area contributed by atoms with Gasteiger partial charge in [-0.25, -0.2) is 4.98 Å². The largest absolute Gasteiger partial charge is 0.244 e. The number of nitrogens with zero attached hydrogens (tertiary/aromatic N) is 1. The van der Waals surface area contributed by atoms with E-state index >= 15 is 0 Å². The first-order valence-corrected chi connectivity index (χ1v) is 7.82. The number of benzene rings is 1. The summed E-state index contributed by atoms with van der Waals surface area (Å²) >= 11 is 5.33. The van der Waals surface area contributed by atoms with E-state index in [0.717, 1.165) is 5.01 Å². The van der Waals surface area contributed by atoms with E-state index in [1.165, 1.54) is 16.0 Å². The van der Waals surface area contributed by atoms with E-state index in [1.54, 1.807) is 11.3 Å². The number of aromatic nitrogens is 1. The number of hydrogen-bond donors (Lipinski definition) is 0. The number of alkyl halides is 1. The Bertz CT molecular complexity index is 520. The lowest BCUT2D eigenvalue weighted by Crippen LogP contribution is -2.10. The third kappa shape index (κ3) is 3.01. The molecule has 0 aliphatic heterocycles. The first kappa shape index (κ1) is 13.8. The Morgan fingerprint density at radius 1 is 1.17 bits per heavy atom. The van der Waals surface area contributed by atoms with E-state index in [2.05, 4.69) is 72.9 Å². The van der Waals surface area contributed by atoms with Crippen LogP contribution in [0.5, 0.6) is 0 Å². The summed E-state index contributed by atoms with van der Waals surface area (Å²) in [5.41, 5.74) is 2.76. The van der Waals surface area contributed by atoms with Gasteiger partial charge in [-0.15, -0.1) is 11.3 Å². The molecule has 1 heterocycles. The smallest absolute Gasteiger partial charge is 0.123 e. The number of halogens is 1. The van der Waals surface area contributed by atoms with Gasteiger partial charge in [-0.05, 0) is 17.9 Å². The van der Waals surface area contributed by atoms with Crippen LogP contribution in [0.15, 0.2) is 30.5 Å². The van der Waals surface area contributed by atoms with Gasteiger partial charge in [0.15, 0.2) is 0 Å². The summed E-state index contributed by atoms with van der Waals surface area (Å²) in [5, 5.41) is 1.09. The molecule has 0 saturated heterocycles. The van der Waals surface area contributed by atoms with E-state index in [4.69, 9.17) is 0 Å². The summed E-state index contributed by atoms with van der Waals surface area (Å²) in [6.07, 6.45) is 1.96. The summed E-state index contributed by atoms with van der Waals surface area (Å²) < 4.78 is 0.